The summed E-state index contributed by atoms with van der Waals surface area (Å²) >= 11 is 0. The van der Waals surface area contributed by atoms with Gasteiger partial charge in [0.15, 0.2) is 11.5 Å². The number of methoxy groups -OCH3 is 2. The zero-order valence-electron chi connectivity index (χ0n) is 10.3. The Morgan fingerprint density at radius 3 is 2.39 bits per heavy atom. The lowest BCUT2D eigenvalue weighted by atomic mass is 10.0. The Hall–Kier alpha value is -1.79. The molecule has 6 nitrogen and oxygen atoms in total. The van der Waals surface area contributed by atoms with Crippen LogP contribution in [0.1, 0.15) is 18.1 Å². The van der Waals surface area contributed by atoms with Gasteiger partial charge in [-0.3, -0.25) is 4.79 Å². The van der Waals surface area contributed by atoms with Crippen LogP contribution in [0.5, 0.6) is 11.5 Å². The molecule has 0 saturated carbocycles. The van der Waals surface area contributed by atoms with Gasteiger partial charge in [0, 0.05) is 0 Å². The first kappa shape index (κ1) is 14.3. The molecule has 2 unspecified atom stereocenters. The van der Waals surface area contributed by atoms with E-state index in [1.807, 2.05) is 0 Å². The predicted molar refractivity (Wildman–Crippen MR) is 64.3 cm³/mol. The van der Waals surface area contributed by atoms with Gasteiger partial charge in [-0.15, -0.1) is 0 Å². The highest BCUT2D eigenvalue weighted by Crippen LogP contribution is 2.31. The van der Waals surface area contributed by atoms with E-state index < -0.39 is 18.1 Å². The van der Waals surface area contributed by atoms with Crippen molar-refractivity contribution < 1.29 is 24.5 Å². The van der Waals surface area contributed by atoms with Crippen LogP contribution in [0.15, 0.2) is 18.2 Å². The van der Waals surface area contributed by atoms with Gasteiger partial charge in [0.1, 0.15) is 6.10 Å². The number of hydrogen-bond acceptors (Lipinski definition) is 5. The quantitative estimate of drug-likeness (QED) is 0.662. The summed E-state index contributed by atoms with van der Waals surface area (Å²) in [6, 6.07) is 4.72. The number of amides is 1. The number of carbonyl (C=O) groups is 1. The molecule has 18 heavy (non-hydrogen) atoms. The maximum Gasteiger partial charge on any atom is 0.220 e. The van der Waals surface area contributed by atoms with Crippen LogP contribution in [-0.4, -0.2) is 36.4 Å². The number of carbonyl (C=O) groups excluding carboxylic acids is 1. The summed E-state index contributed by atoms with van der Waals surface area (Å²) in [6.45, 7) is 0. The van der Waals surface area contributed by atoms with Crippen LogP contribution >= 0.6 is 0 Å². The van der Waals surface area contributed by atoms with Crippen molar-refractivity contribution in [1.29, 1.82) is 0 Å². The Labute approximate surface area is 105 Å². The number of rotatable bonds is 6. The molecular weight excluding hydrogens is 238 g/mol. The number of ether oxygens (including phenoxy) is 2. The molecule has 100 valence electrons. The van der Waals surface area contributed by atoms with Crippen molar-refractivity contribution >= 4 is 5.91 Å². The van der Waals surface area contributed by atoms with Crippen LogP contribution in [0.3, 0.4) is 0 Å². The van der Waals surface area contributed by atoms with Crippen molar-refractivity contribution in [2.75, 3.05) is 14.2 Å². The molecule has 1 amide bonds. The lowest BCUT2D eigenvalue weighted by Crippen LogP contribution is -2.25. The SMILES string of the molecule is COc1ccc(C(O)C(O)CC(N)=O)cc1OC. The predicted octanol–water partition coefficient (Wildman–Crippen LogP) is -0.0265. The van der Waals surface area contributed by atoms with Crippen LogP contribution in [0.25, 0.3) is 0 Å². The van der Waals surface area contributed by atoms with E-state index in [4.69, 9.17) is 15.2 Å². The van der Waals surface area contributed by atoms with Crippen LogP contribution in [-0.2, 0) is 4.79 Å². The minimum Gasteiger partial charge on any atom is -0.493 e. The Balaban J connectivity index is 2.92. The molecule has 0 radical (unpaired) electrons. The fraction of sp³-hybridized carbons (Fsp3) is 0.417. The van der Waals surface area contributed by atoms with Gasteiger partial charge >= 0.3 is 0 Å². The number of primary amides is 1. The van der Waals surface area contributed by atoms with Crippen molar-refractivity contribution in [2.24, 2.45) is 5.73 Å². The number of aliphatic hydroxyl groups excluding tert-OH is 2. The second kappa shape index (κ2) is 6.23. The standard InChI is InChI=1S/C12H17NO5/c1-17-9-4-3-7(5-10(9)18-2)12(16)8(14)6-11(13)15/h3-5,8,12,14,16H,6H2,1-2H3,(H2,13,15). The lowest BCUT2D eigenvalue weighted by molar-refractivity contribution is -0.121. The van der Waals surface area contributed by atoms with Crippen LogP contribution in [0.2, 0.25) is 0 Å². The summed E-state index contributed by atoms with van der Waals surface area (Å²) in [6.07, 6.45) is -2.77. The minimum atomic E-state index is -1.25. The van der Waals surface area contributed by atoms with Gasteiger partial charge in [-0.05, 0) is 17.7 Å². The monoisotopic (exact) mass is 255 g/mol. The molecule has 1 aromatic carbocycles. The average Bonchev–Trinajstić information content (AvgIpc) is 2.36. The third-order valence-electron chi connectivity index (χ3n) is 2.52. The summed E-state index contributed by atoms with van der Waals surface area (Å²) in [7, 11) is 2.96. The van der Waals surface area contributed by atoms with Gasteiger partial charge in [-0.25, -0.2) is 0 Å². The highest BCUT2D eigenvalue weighted by atomic mass is 16.5. The second-order valence-corrected chi connectivity index (χ2v) is 3.80. The smallest absolute Gasteiger partial charge is 0.220 e. The molecule has 0 saturated heterocycles. The first-order chi connectivity index (χ1) is 8.49. The molecule has 1 aromatic rings. The Morgan fingerprint density at radius 2 is 1.89 bits per heavy atom. The molecule has 1 rings (SSSR count). The van der Waals surface area contributed by atoms with Crippen molar-refractivity contribution in [3.05, 3.63) is 23.8 Å². The van der Waals surface area contributed by atoms with Gasteiger partial charge in [-0.2, -0.15) is 0 Å². The summed E-state index contributed by atoms with van der Waals surface area (Å²) < 4.78 is 10.1. The maximum absolute atomic E-state index is 10.7. The van der Waals surface area contributed by atoms with Crippen molar-refractivity contribution in [2.45, 2.75) is 18.6 Å². The molecular formula is C12H17NO5. The maximum atomic E-state index is 10.7. The molecule has 0 aliphatic rings. The third kappa shape index (κ3) is 3.35. The molecule has 0 fully saturated rings. The number of hydrogen-bond donors (Lipinski definition) is 3. The van der Waals surface area contributed by atoms with E-state index in [1.165, 1.54) is 20.3 Å². The normalized spacial score (nSPS) is 13.8. The Bertz CT molecular complexity index is 421. The molecule has 0 aliphatic carbocycles. The van der Waals surface area contributed by atoms with Crippen molar-refractivity contribution in [3.8, 4) is 11.5 Å². The van der Waals surface area contributed by atoms with Gasteiger partial charge in [0.25, 0.3) is 0 Å². The van der Waals surface area contributed by atoms with Crippen LogP contribution < -0.4 is 15.2 Å². The second-order valence-electron chi connectivity index (χ2n) is 3.80. The molecule has 0 bridgehead atoms. The van der Waals surface area contributed by atoms with Gasteiger partial charge in [0.2, 0.25) is 5.91 Å². The minimum absolute atomic E-state index is 0.310. The fourth-order valence-electron chi connectivity index (χ4n) is 1.58. The van der Waals surface area contributed by atoms with E-state index in [0.29, 0.717) is 17.1 Å². The molecule has 4 N–H and O–H groups in total. The topological polar surface area (TPSA) is 102 Å². The highest BCUT2D eigenvalue weighted by molar-refractivity contribution is 5.74. The number of nitrogens with two attached hydrogens (primary N) is 1. The largest absolute Gasteiger partial charge is 0.493 e. The summed E-state index contributed by atoms with van der Waals surface area (Å²) in [4.78, 5) is 10.7. The summed E-state index contributed by atoms with van der Waals surface area (Å²) in [5.41, 5.74) is 5.37. The zero-order chi connectivity index (χ0) is 13.7. The van der Waals surface area contributed by atoms with Crippen LogP contribution in [0.4, 0.5) is 0 Å². The summed E-state index contributed by atoms with van der Waals surface area (Å²) in [5, 5.41) is 19.5. The first-order valence-corrected chi connectivity index (χ1v) is 5.36. The first-order valence-electron chi connectivity index (χ1n) is 5.36. The molecule has 0 spiro atoms. The van der Waals surface area contributed by atoms with Gasteiger partial charge in [0.05, 0.1) is 26.7 Å². The van der Waals surface area contributed by atoms with Crippen LogP contribution in [0, 0.1) is 0 Å². The van der Waals surface area contributed by atoms with E-state index in [-0.39, 0.29) is 6.42 Å². The van der Waals surface area contributed by atoms with Crippen molar-refractivity contribution in [1.82, 2.24) is 0 Å². The van der Waals surface area contributed by atoms with Gasteiger partial charge in [-0.1, -0.05) is 6.07 Å². The Kier molecular flexibility index (Phi) is 4.94. The third-order valence-corrected chi connectivity index (χ3v) is 2.52. The molecule has 0 aliphatic heterocycles. The molecule has 6 heteroatoms. The molecule has 0 heterocycles. The van der Waals surface area contributed by atoms with Crippen molar-refractivity contribution in [3.63, 3.8) is 0 Å². The van der Waals surface area contributed by atoms with E-state index in [9.17, 15) is 15.0 Å². The van der Waals surface area contributed by atoms with E-state index >= 15 is 0 Å². The van der Waals surface area contributed by atoms with E-state index in [1.54, 1.807) is 12.1 Å². The molecule has 0 aromatic heterocycles. The fourth-order valence-corrected chi connectivity index (χ4v) is 1.58. The lowest BCUT2D eigenvalue weighted by Gasteiger charge is -2.18. The number of benzene rings is 1. The summed E-state index contributed by atoms with van der Waals surface area (Å²) in [5.74, 6) is 0.264. The molecule has 2 atom stereocenters. The Morgan fingerprint density at radius 1 is 1.28 bits per heavy atom. The van der Waals surface area contributed by atoms with Gasteiger partial charge < -0.3 is 25.4 Å². The van der Waals surface area contributed by atoms with E-state index in [2.05, 4.69) is 0 Å². The highest BCUT2D eigenvalue weighted by Gasteiger charge is 2.21. The van der Waals surface area contributed by atoms with E-state index in [0.717, 1.165) is 0 Å². The number of aliphatic hydroxyl groups is 2. The zero-order valence-corrected chi connectivity index (χ0v) is 10.3. The average molecular weight is 255 g/mol.